The Hall–Kier alpha value is -2.93. The number of amides is 2. The average Bonchev–Trinajstić information content (AvgIpc) is 3.14. The molecule has 0 atom stereocenters. The molecule has 5 rings (SSSR count). The highest BCUT2D eigenvalue weighted by atomic mass is 35.5. The quantitative estimate of drug-likeness (QED) is 0.294. The summed E-state index contributed by atoms with van der Waals surface area (Å²) in [5, 5.41) is 5.18. The third kappa shape index (κ3) is 4.79. The van der Waals surface area contributed by atoms with Crippen LogP contribution in [0.3, 0.4) is 0 Å². The van der Waals surface area contributed by atoms with Crippen LogP contribution in [0.5, 0.6) is 0 Å². The Kier molecular flexibility index (Phi) is 6.78. The summed E-state index contributed by atoms with van der Waals surface area (Å²) in [6.45, 7) is 0. The maximum atomic E-state index is 13.6. The zero-order valence-electron chi connectivity index (χ0n) is 18.9. The topological polar surface area (TPSA) is 85.1 Å². The van der Waals surface area contributed by atoms with E-state index in [9.17, 15) is 9.59 Å². The van der Waals surface area contributed by atoms with Crippen molar-refractivity contribution in [3.8, 4) is 11.3 Å². The second-order valence-corrected chi connectivity index (χ2v) is 10.6. The standard InChI is InChI=1S/C27H23Cl2N3O2S/c28-15-11-12-17(20(29)13-15)22-14-19(16-7-5-6-9-21(16)31-22)26(34)32-27-24(25(30)33)18-8-3-1-2-4-10-23(18)35-27/h5-7,9,11-14H,1-4,8,10H2,(H2,30,33)(H,32,34). The number of benzene rings is 2. The Morgan fingerprint density at radius 3 is 2.51 bits per heavy atom. The van der Waals surface area contributed by atoms with Gasteiger partial charge in [0.15, 0.2) is 0 Å². The van der Waals surface area contributed by atoms with E-state index in [1.165, 1.54) is 17.8 Å². The molecule has 3 N–H and O–H groups in total. The number of carbonyl (C=O) groups is 2. The van der Waals surface area contributed by atoms with E-state index in [0.29, 0.717) is 48.3 Å². The van der Waals surface area contributed by atoms with Crippen molar-refractivity contribution in [3.63, 3.8) is 0 Å². The molecule has 1 aliphatic rings. The van der Waals surface area contributed by atoms with Crippen LogP contribution in [-0.2, 0) is 12.8 Å². The molecule has 0 bridgehead atoms. The third-order valence-corrected chi connectivity index (χ3v) is 8.07. The number of fused-ring (bicyclic) bond motifs is 2. The Bertz CT molecular complexity index is 1460. The molecule has 2 aromatic heterocycles. The lowest BCUT2D eigenvalue weighted by Gasteiger charge is -2.12. The summed E-state index contributed by atoms with van der Waals surface area (Å²) < 4.78 is 0. The number of rotatable bonds is 4. The second-order valence-electron chi connectivity index (χ2n) is 8.64. The minimum Gasteiger partial charge on any atom is -0.365 e. The van der Waals surface area contributed by atoms with Gasteiger partial charge in [0.1, 0.15) is 5.00 Å². The number of primary amides is 1. The summed E-state index contributed by atoms with van der Waals surface area (Å²) in [6, 6.07) is 14.3. The fraction of sp³-hybridized carbons (Fsp3) is 0.222. The van der Waals surface area contributed by atoms with Crippen LogP contribution in [0.4, 0.5) is 5.00 Å². The molecule has 35 heavy (non-hydrogen) atoms. The second kappa shape index (κ2) is 9.97. The van der Waals surface area contributed by atoms with E-state index in [4.69, 9.17) is 33.9 Å². The van der Waals surface area contributed by atoms with E-state index in [0.717, 1.165) is 42.5 Å². The van der Waals surface area contributed by atoms with Gasteiger partial charge in [-0.3, -0.25) is 9.59 Å². The Labute approximate surface area is 217 Å². The Morgan fingerprint density at radius 1 is 0.971 bits per heavy atom. The molecule has 2 heterocycles. The molecular formula is C27H23Cl2N3O2S. The largest absolute Gasteiger partial charge is 0.365 e. The lowest BCUT2D eigenvalue weighted by Crippen LogP contribution is -2.18. The molecule has 178 valence electrons. The molecule has 0 saturated carbocycles. The van der Waals surface area contributed by atoms with Crippen LogP contribution in [0.1, 0.15) is 56.8 Å². The van der Waals surface area contributed by atoms with Crippen LogP contribution in [-0.4, -0.2) is 16.8 Å². The van der Waals surface area contributed by atoms with E-state index in [2.05, 4.69) is 5.32 Å². The van der Waals surface area contributed by atoms with Gasteiger partial charge in [-0.05, 0) is 61.6 Å². The first kappa shape index (κ1) is 23.8. The van der Waals surface area contributed by atoms with E-state index >= 15 is 0 Å². The van der Waals surface area contributed by atoms with Gasteiger partial charge < -0.3 is 11.1 Å². The first-order chi connectivity index (χ1) is 16.9. The van der Waals surface area contributed by atoms with Gasteiger partial charge >= 0.3 is 0 Å². The molecule has 0 saturated heterocycles. The number of carbonyl (C=O) groups excluding carboxylic acids is 2. The molecule has 0 unspecified atom stereocenters. The maximum Gasteiger partial charge on any atom is 0.257 e. The van der Waals surface area contributed by atoms with Crippen molar-refractivity contribution in [2.75, 3.05) is 5.32 Å². The monoisotopic (exact) mass is 523 g/mol. The normalized spacial score (nSPS) is 13.7. The highest BCUT2D eigenvalue weighted by Crippen LogP contribution is 2.38. The van der Waals surface area contributed by atoms with E-state index in [-0.39, 0.29) is 5.91 Å². The van der Waals surface area contributed by atoms with Crippen LogP contribution in [0.25, 0.3) is 22.2 Å². The zero-order valence-corrected chi connectivity index (χ0v) is 21.2. The molecule has 4 aromatic rings. The van der Waals surface area contributed by atoms with Crippen molar-refractivity contribution in [1.82, 2.24) is 4.98 Å². The van der Waals surface area contributed by atoms with Gasteiger partial charge in [0.2, 0.25) is 0 Å². The number of anilines is 1. The van der Waals surface area contributed by atoms with Gasteiger partial charge in [-0.25, -0.2) is 4.98 Å². The number of hydrogen-bond acceptors (Lipinski definition) is 4. The van der Waals surface area contributed by atoms with E-state index in [1.54, 1.807) is 24.3 Å². The van der Waals surface area contributed by atoms with Gasteiger partial charge in [-0.1, -0.05) is 54.2 Å². The zero-order chi connectivity index (χ0) is 24.5. The molecule has 5 nitrogen and oxygen atoms in total. The summed E-state index contributed by atoms with van der Waals surface area (Å²) in [5.41, 5.74) is 9.56. The molecule has 2 aromatic carbocycles. The highest BCUT2D eigenvalue weighted by Gasteiger charge is 2.25. The number of halogens is 2. The van der Waals surface area contributed by atoms with Gasteiger partial charge in [0.05, 0.1) is 27.4 Å². The number of pyridine rings is 1. The number of aromatic nitrogens is 1. The number of para-hydroxylation sites is 1. The molecule has 0 aliphatic heterocycles. The number of hydrogen-bond donors (Lipinski definition) is 2. The summed E-state index contributed by atoms with van der Waals surface area (Å²) in [6.07, 6.45) is 6.08. The summed E-state index contributed by atoms with van der Waals surface area (Å²) in [7, 11) is 0. The first-order valence-electron chi connectivity index (χ1n) is 11.5. The molecule has 0 fully saturated rings. The number of aryl methyl sites for hydroxylation is 1. The summed E-state index contributed by atoms with van der Waals surface area (Å²) >= 11 is 14.0. The Balaban J connectivity index is 1.59. The van der Waals surface area contributed by atoms with Crippen molar-refractivity contribution in [3.05, 3.63) is 80.1 Å². The molecule has 1 aliphatic carbocycles. The van der Waals surface area contributed by atoms with Gasteiger partial charge in [-0.2, -0.15) is 0 Å². The van der Waals surface area contributed by atoms with Crippen molar-refractivity contribution in [2.24, 2.45) is 5.73 Å². The van der Waals surface area contributed by atoms with Crippen LogP contribution >= 0.6 is 34.5 Å². The fourth-order valence-electron chi connectivity index (χ4n) is 4.64. The average molecular weight is 524 g/mol. The minimum absolute atomic E-state index is 0.327. The highest BCUT2D eigenvalue weighted by molar-refractivity contribution is 7.17. The van der Waals surface area contributed by atoms with Crippen LogP contribution in [0, 0.1) is 0 Å². The van der Waals surface area contributed by atoms with Crippen LogP contribution in [0.15, 0.2) is 48.5 Å². The molecular weight excluding hydrogens is 501 g/mol. The number of nitrogens with one attached hydrogen (secondary N) is 1. The number of nitrogens with two attached hydrogens (primary N) is 1. The van der Waals surface area contributed by atoms with E-state index < -0.39 is 5.91 Å². The SMILES string of the molecule is NC(=O)c1c(NC(=O)c2cc(-c3ccc(Cl)cc3Cl)nc3ccccc23)sc2c1CCCCCC2. The predicted octanol–water partition coefficient (Wildman–Crippen LogP) is 7.28. The van der Waals surface area contributed by atoms with Crippen molar-refractivity contribution in [1.29, 1.82) is 0 Å². The fourth-order valence-corrected chi connectivity index (χ4v) is 6.43. The number of nitrogens with zero attached hydrogens (tertiary/aromatic N) is 1. The minimum atomic E-state index is -0.508. The molecule has 0 radical (unpaired) electrons. The van der Waals surface area contributed by atoms with Crippen LogP contribution in [0.2, 0.25) is 10.0 Å². The van der Waals surface area contributed by atoms with Gasteiger partial charge in [0.25, 0.3) is 11.8 Å². The Morgan fingerprint density at radius 2 is 1.74 bits per heavy atom. The summed E-state index contributed by atoms with van der Waals surface area (Å²) in [5.74, 6) is -0.835. The smallest absolute Gasteiger partial charge is 0.257 e. The first-order valence-corrected chi connectivity index (χ1v) is 13.1. The van der Waals surface area contributed by atoms with E-state index in [1.807, 2.05) is 24.3 Å². The van der Waals surface area contributed by atoms with Gasteiger partial charge in [0, 0.05) is 20.8 Å². The lowest BCUT2D eigenvalue weighted by atomic mass is 9.96. The summed E-state index contributed by atoms with van der Waals surface area (Å²) in [4.78, 5) is 31.9. The van der Waals surface area contributed by atoms with Crippen molar-refractivity contribution < 1.29 is 9.59 Å². The van der Waals surface area contributed by atoms with Crippen molar-refractivity contribution >= 4 is 62.3 Å². The van der Waals surface area contributed by atoms with Gasteiger partial charge in [-0.15, -0.1) is 11.3 Å². The predicted molar refractivity (Wildman–Crippen MR) is 144 cm³/mol. The lowest BCUT2D eigenvalue weighted by molar-refractivity contribution is 0.100. The maximum absolute atomic E-state index is 13.6. The number of thiophene rings is 1. The third-order valence-electron chi connectivity index (χ3n) is 6.31. The molecule has 8 heteroatoms. The molecule has 2 amide bonds. The van der Waals surface area contributed by atoms with Crippen molar-refractivity contribution in [2.45, 2.75) is 38.5 Å². The van der Waals surface area contributed by atoms with Crippen LogP contribution < -0.4 is 11.1 Å². The molecule has 0 spiro atoms.